The molecule has 0 unspecified atom stereocenters. The van der Waals surface area contributed by atoms with Crippen molar-refractivity contribution in [3.63, 3.8) is 0 Å². The SMILES string of the molecule is O=C([O-])c1cc(S(=O)(=O)O)ccc1O.O=C([O-])c1cc(S(=O)(=O)O)ccc1O.[K+].[K+]. The topological polar surface area (TPSA) is 229 Å². The molecule has 0 aliphatic rings. The predicted molar refractivity (Wildman–Crippen MR) is 84.5 cm³/mol. The van der Waals surface area contributed by atoms with Gasteiger partial charge in [0.2, 0.25) is 0 Å². The van der Waals surface area contributed by atoms with Gasteiger partial charge >= 0.3 is 103 Å². The second kappa shape index (κ2) is 12.9. The van der Waals surface area contributed by atoms with Crippen LogP contribution >= 0.6 is 0 Å². The number of hydrogen-bond acceptors (Lipinski definition) is 10. The van der Waals surface area contributed by atoms with E-state index in [2.05, 4.69) is 0 Å². The standard InChI is InChI=1S/2C7H6O6S.2K/c2*8-6-2-1-4(14(11,12)13)3-5(6)7(9)10;;/h2*1-3,8H,(H,9,10)(H,11,12,13);;/q;;2*+1/p-2. The molecular formula is C14H10K2O12S2. The van der Waals surface area contributed by atoms with E-state index < -0.39 is 64.6 Å². The third-order valence-corrected chi connectivity index (χ3v) is 4.67. The zero-order valence-electron chi connectivity index (χ0n) is 15.3. The first kappa shape index (κ1) is 32.3. The summed E-state index contributed by atoms with van der Waals surface area (Å²) in [5.41, 5.74) is -1.39. The van der Waals surface area contributed by atoms with Crippen LogP contribution in [-0.2, 0) is 20.2 Å². The molecular weight excluding hydrogens is 502 g/mol. The molecule has 0 spiro atoms. The first-order valence-electron chi connectivity index (χ1n) is 6.68. The van der Waals surface area contributed by atoms with Crippen molar-refractivity contribution in [1.29, 1.82) is 0 Å². The van der Waals surface area contributed by atoms with Crippen LogP contribution in [0.15, 0.2) is 46.2 Å². The molecule has 0 amide bonds. The molecule has 12 nitrogen and oxygen atoms in total. The first-order chi connectivity index (χ1) is 12.6. The van der Waals surface area contributed by atoms with Gasteiger partial charge in [0, 0.05) is 11.1 Å². The molecule has 0 radical (unpaired) electrons. The van der Waals surface area contributed by atoms with Crippen LogP contribution in [0.3, 0.4) is 0 Å². The minimum absolute atomic E-state index is 0. The second-order valence-electron chi connectivity index (χ2n) is 4.88. The van der Waals surface area contributed by atoms with E-state index in [0.29, 0.717) is 12.1 Å². The number of rotatable bonds is 4. The van der Waals surface area contributed by atoms with Crippen LogP contribution in [-0.4, -0.2) is 48.1 Å². The number of carboxylic acid groups (broad SMARTS) is 2. The van der Waals surface area contributed by atoms with E-state index in [1.165, 1.54) is 0 Å². The van der Waals surface area contributed by atoms with E-state index in [-0.39, 0.29) is 103 Å². The number of carbonyl (C=O) groups is 2. The summed E-state index contributed by atoms with van der Waals surface area (Å²) < 4.78 is 59.4. The van der Waals surface area contributed by atoms with Crippen LogP contribution in [0.1, 0.15) is 20.7 Å². The van der Waals surface area contributed by atoms with Gasteiger partial charge in [-0.25, -0.2) is 0 Å². The van der Waals surface area contributed by atoms with Crippen LogP contribution in [0.2, 0.25) is 0 Å². The molecule has 0 atom stereocenters. The Balaban J connectivity index is 0. The minimum atomic E-state index is -4.48. The summed E-state index contributed by atoms with van der Waals surface area (Å²) >= 11 is 0. The van der Waals surface area contributed by atoms with Gasteiger partial charge in [-0.15, -0.1) is 0 Å². The number of benzene rings is 2. The Labute approximate surface area is 255 Å². The van der Waals surface area contributed by atoms with Crippen LogP contribution in [0.25, 0.3) is 0 Å². The second-order valence-corrected chi connectivity index (χ2v) is 7.73. The molecule has 30 heavy (non-hydrogen) atoms. The molecule has 0 fully saturated rings. The summed E-state index contributed by atoms with van der Waals surface area (Å²) in [6, 6.07) is 4.65. The summed E-state index contributed by atoms with van der Waals surface area (Å²) in [5.74, 6) is -4.71. The number of aromatic hydroxyl groups is 2. The number of carboxylic acids is 2. The van der Waals surface area contributed by atoms with Gasteiger partial charge in [-0.1, -0.05) is 0 Å². The fraction of sp³-hybridized carbons (Fsp3) is 0. The van der Waals surface area contributed by atoms with Gasteiger partial charge in [0.1, 0.15) is 11.5 Å². The zero-order valence-corrected chi connectivity index (χ0v) is 23.2. The Hall–Kier alpha value is 0.0727. The van der Waals surface area contributed by atoms with Crippen molar-refractivity contribution in [2.24, 2.45) is 0 Å². The van der Waals surface area contributed by atoms with Crippen molar-refractivity contribution < 1.29 is 159 Å². The maximum Gasteiger partial charge on any atom is 1.00 e. The number of carbonyl (C=O) groups excluding carboxylic acids is 2. The van der Waals surface area contributed by atoms with Gasteiger partial charge in [-0.05, 0) is 36.4 Å². The fourth-order valence-electron chi connectivity index (χ4n) is 1.68. The molecule has 0 bridgehead atoms. The molecule has 0 saturated carbocycles. The monoisotopic (exact) mass is 512 g/mol. The molecule has 4 N–H and O–H groups in total. The summed E-state index contributed by atoms with van der Waals surface area (Å²) in [6.07, 6.45) is 0. The van der Waals surface area contributed by atoms with Crippen molar-refractivity contribution in [1.82, 2.24) is 0 Å². The van der Waals surface area contributed by atoms with E-state index in [4.69, 9.17) is 19.3 Å². The third kappa shape index (κ3) is 9.69. The van der Waals surface area contributed by atoms with Crippen LogP contribution in [0.4, 0.5) is 0 Å². The number of aromatic carboxylic acids is 2. The molecule has 0 aromatic heterocycles. The maximum atomic E-state index is 10.6. The van der Waals surface area contributed by atoms with Gasteiger partial charge in [-0.3, -0.25) is 9.11 Å². The number of hydrogen-bond donors (Lipinski definition) is 4. The van der Waals surface area contributed by atoms with E-state index in [9.17, 15) is 36.6 Å². The molecule has 16 heteroatoms. The average Bonchev–Trinajstić information content (AvgIpc) is 2.53. The van der Waals surface area contributed by atoms with Crippen molar-refractivity contribution in [2.75, 3.05) is 0 Å². The molecule has 0 saturated heterocycles. The summed E-state index contributed by atoms with van der Waals surface area (Å²) in [5, 5.41) is 38.7. The van der Waals surface area contributed by atoms with Crippen molar-refractivity contribution in [3.8, 4) is 11.5 Å². The molecule has 0 aliphatic heterocycles. The largest absolute Gasteiger partial charge is 1.00 e. The van der Waals surface area contributed by atoms with Gasteiger partial charge < -0.3 is 30.0 Å². The minimum Gasteiger partial charge on any atom is -0.545 e. The van der Waals surface area contributed by atoms with Crippen molar-refractivity contribution in [3.05, 3.63) is 47.5 Å². The van der Waals surface area contributed by atoms with Crippen LogP contribution in [0, 0.1) is 0 Å². The summed E-state index contributed by atoms with van der Waals surface area (Å²) in [4.78, 5) is 19.5. The van der Waals surface area contributed by atoms with Gasteiger partial charge in [0.15, 0.2) is 0 Å². The van der Waals surface area contributed by atoms with Crippen molar-refractivity contribution in [2.45, 2.75) is 9.79 Å². The van der Waals surface area contributed by atoms with E-state index in [1.54, 1.807) is 0 Å². The van der Waals surface area contributed by atoms with E-state index >= 15 is 0 Å². The van der Waals surface area contributed by atoms with Gasteiger partial charge in [0.05, 0.1) is 21.7 Å². The quantitative estimate of drug-likeness (QED) is 0.221. The molecule has 0 heterocycles. The first-order valence-corrected chi connectivity index (χ1v) is 9.56. The predicted octanol–water partition coefficient (Wildman–Crippen LogP) is -7.99. The molecule has 152 valence electrons. The maximum absolute atomic E-state index is 10.6. The number of phenols is 2. The van der Waals surface area contributed by atoms with Crippen LogP contribution in [0.5, 0.6) is 11.5 Å². The fourth-order valence-corrected chi connectivity index (χ4v) is 2.69. The van der Waals surface area contributed by atoms with Crippen LogP contribution < -0.4 is 113 Å². The van der Waals surface area contributed by atoms with Gasteiger partial charge in [-0.2, -0.15) is 16.8 Å². The summed E-state index contributed by atoms with van der Waals surface area (Å²) in [7, 11) is -8.96. The molecule has 0 aliphatic carbocycles. The third-order valence-electron chi connectivity index (χ3n) is 2.97. The average molecular weight is 513 g/mol. The van der Waals surface area contributed by atoms with E-state index in [0.717, 1.165) is 24.3 Å². The van der Waals surface area contributed by atoms with Crippen molar-refractivity contribution >= 4 is 32.2 Å². The Morgan fingerprint density at radius 3 is 1.13 bits per heavy atom. The van der Waals surface area contributed by atoms with Gasteiger partial charge in [0.25, 0.3) is 20.2 Å². The smallest absolute Gasteiger partial charge is 0.545 e. The van der Waals surface area contributed by atoms with E-state index in [1.807, 2.05) is 0 Å². The Kier molecular flexibility index (Phi) is 13.9. The summed E-state index contributed by atoms with van der Waals surface area (Å²) in [6.45, 7) is 0. The Morgan fingerprint density at radius 2 is 0.933 bits per heavy atom. The molecule has 2 aromatic carbocycles. The molecule has 2 rings (SSSR count). The Bertz CT molecular complexity index is 1050. The normalized spacial score (nSPS) is 10.5. The Morgan fingerprint density at radius 1 is 0.667 bits per heavy atom. The zero-order chi connectivity index (χ0) is 21.9. The molecule has 2 aromatic rings.